The predicted octanol–water partition coefficient (Wildman–Crippen LogP) is 4.24. The van der Waals surface area contributed by atoms with Gasteiger partial charge < -0.3 is 20.4 Å². The van der Waals surface area contributed by atoms with Crippen molar-refractivity contribution in [3.05, 3.63) is 52.3 Å². The highest BCUT2D eigenvalue weighted by molar-refractivity contribution is 6.36. The fourth-order valence-electron chi connectivity index (χ4n) is 3.50. The van der Waals surface area contributed by atoms with Crippen LogP contribution in [0.3, 0.4) is 0 Å². The summed E-state index contributed by atoms with van der Waals surface area (Å²) in [6.45, 7) is 1.70. The molecule has 1 atom stereocenters. The Balaban J connectivity index is 1.83. The third-order valence-electron chi connectivity index (χ3n) is 5.07. The zero-order valence-corrected chi connectivity index (χ0v) is 17.0. The summed E-state index contributed by atoms with van der Waals surface area (Å²) in [6, 6.07) is 2.56. The van der Waals surface area contributed by atoms with Gasteiger partial charge in [0.25, 0.3) is 5.91 Å². The molecule has 0 spiro atoms. The molecule has 11 heteroatoms. The molecule has 162 valence electrons. The molecule has 0 radical (unpaired) electrons. The summed E-state index contributed by atoms with van der Waals surface area (Å²) in [6.07, 6.45) is -1.74. The van der Waals surface area contributed by atoms with Crippen molar-refractivity contribution in [1.29, 1.82) is 0 Å². The second kappa shape index (κ2) is 7.24. The molecule has 0 fully saturated rings. The quantitative estimate of drug-likeness (QED) is 0.515. The van der Waals surface area contributed by atoms with Crippen molar-refractivity contribution in [3.63, 3.8) is 0 Å². The molecule has 0 unspecified atom stereocenters. The second-order valence-corrected chi connectivity index (χ2v) is 7.75. The number of methoxy groups -OCH3 is 1. The van der Waals surface area contributed by atoms with Crippen LogP contribution in [0, 0.1) is 0 Å². The van der Waals surface area contributed by atoms with Gasteiger partial charge in [-0.25, -0.2) is 4.98 Å². The number of carbonyl (C=O) groups is 2. The highest BCUT2D eigenvalue weighted by Gasteiger charge is 2.39. The van der Waals surface area contributed by atoms with E-state index < -0.39 is 23.1 Å². The maximum Gasteiger partial charge on any atom is 0.416 e. The largest absolute Gasteiger partial charge is 0.416 e. The van der Waals surface area contributed by atoms with E-state index in [1.165, 1.54) is 19.5 Å². The number of anilines is 2. The van der Waals surface area contributed by atoms with Gasteiger partial charge >= 0.3 is 6.18 Å². The lowest BCUT2D eigenvalue weighted by molar-refractivity contribution is -0.137. The fourth-order valence-corrected chi connectivity index (χ4v) is 3.77. The molecule has 0 aliphatic carbocycles. The summed E-state index contributed by atoms with van der Waals surface area (Å²) in [5, 5.41) is 5.90. The summed E-state index contributed by atoms with van der Waals surface area (Å²) in [7, 11) is 1.45. The van der Waals surface area contributed by atoms with Gasteiger partial charge in [-0.1, -0.05) is 11.6 Å². The van der Waals surface area contributed by atoms with Crippen LogP contribution in [0.1, 0.15) is 28.4 Å². The third kappa shape index (κ3) is 3.51. The van der Waals surface area contributed by atoms with E-state index in [0.29, 0.717) is 28.5 Å². The van der Waals surface area contributed by atoms with E-state index in [4.69, 9.17) is 16.3 Å². The van der Waals surface area contributed by atoms with E-state index in [1.54, 1.807) is 6.92 Å². The topological polar surface area (TPSA) is 96.1 Å². The summed E-state index contributed by atoms with van der Waals surface area (Å²) in [5.41, 5.74) is -0.855. The standard InChI is InChI=1S/C20H16ClF3N4O3/c1-19(8-31-2)18(30)27-13-7-26-17-14(15(13)28-19)11(6-25-17)16(29)10-4-3-9(5-12(10)21)20(22,23)24/h3-7,28H,8H2,1-2H3,(H,25,26)(H,27,30)/t19-/m0/s1. The highest BCUT2D eigenvalue weighted by Crippen LogP contribution is 2.39. The van der Waals surface area contributed by atoms with Gasteiger partial charge in [0.1, 0.15) is 11.2 Å². The van der Waals surface area contributed by atoms with Gasteiger partial charge in [0.2, 0.25) is 0 Å². The van der Waals surface area contributed by atoms with Crippen LogP contribution in [-0.4, -0.2) is 40.9 Å². The van der Waals surface area contributed by atoms with Crippen molar-refractivity contribution in [2.75, 3.05) is 24.4 Å². The van der Waals surface area contributed by atoms with Gasteiger partial charge in [-0.2, -0.15) is 13.2 Å². The number of aromatic amines is 1. The Bertz CT molecular complexity index is 1220. The molecule has 2 aromatic heterocycles. The minimum Gasteiger partial charge on any atom is -0.382 e. The van der Waals surface area contributed by atoms with Crippen molar-refractivity contribution in [2.45, 2.75) is 18.6 Å². The van der Waals surface area contributed by atoms with Crippen LogP contribution >= 0.6 is 11.6 Å². The molecule has 1 amide bonds. The van der Waals surface area contributed by atoms with Crippen LogP contribution < -0.4 is 10.6 Å². The maximum absolute atomic E-state index is 13.2. The molecule has 3 N–H and O–H groups in total. The van der Waals surface area contributed by atoms with Crippen LogP contribution in [0.4, 0.5) is 24.5 Å². The second-order valence-electron chi connectivity index (χ2n) is 7.34. The number of alkyl halides is 3. The first-order valence-electron chi connectivity index (χ1n) is 9.05. The Morgan fingerprint density at radius 3 is 2.68 bits per heavy atom. The highest BCUT2D eigenvalue weighted by atomic mass is 35.5. The lowest BCUT2D eigenvalue weighted by Crippen LogP contribution is -2.53. The number of H-pyrrole nitrogens is 1. The minimum absolute atomic E-state index is 0.0561. The average molecular weight is 453 g/mol. The van der Waals surface area contributed by atoms with E-state index in [2.05, 4.69) is 20.6 Å². The molecule has 31 heavy (non-hydrogen) atoms. The normalized spacial score (nSPS) is 18.5. The number of hydrogen-bond donors (Lipinski definition) is 3. The van der Waals surface area contributed by atoms with Gasteiger partial charge in [0.05, 0.1) is 45.7 Å². The van der Waals surface area contributed by atoms with Crippen LogP contribution in [0.2, 0.25) is 5.02 Å². The van der Waals surface area contributed by atoms with Crippen molar-refractivity contribution in [1.82, 2.24) is 9.97 Å². The number of amides is 1. The predicted molar refractivity (Wildman–Crippen MR) is 109 cm³/mol. The number of fused-ring (bicyclic) bond motifs is 3. The molecular weight excluding hydrogens is 437 g/mol. The molecule has 1 aromatic carbocycles. The van der Waals surface area contributed by atoms with Crippen LogP contribution in [0.15, 0.2) is 30.6 Å². The number of ether oxygens (including phenoxy) is 1. The van der Waals surface area contributed by atoms with Gasteiger partial charge in [0.15, 0.2) is 5.78 Å². The molecule has 7 nitrogen and oxygen atoms in total. The number of halogens is 4. The minimum atomic E-state index is -4.58. The molecule has 0 saturated heterocycles. The summed E-state index contributed by atoms with van der Waals surface area (Å²) in [5.74, 6) is -0.926. The van der Waals surface area contributed by atoms with Crippen molar-refractivity contribution in [3.8, 4) is 0 Å². The lowest BCUT2D eigenvalue weighted by atomic mass is 9.96. The number of hydrogen-bond acceptors (Lipinski definition) is 5. The van der Waals surface area contributed by atoms with Crippen LogP contribution in [0.5, 0.6) is 0 Å². The van der Waals surface area contributed by atoms with Gasteiger partial charge in [-0.15, -0.1) is 0 Å². The molecule has 0 saturated carbocycles. The first-order valence-corrected chi connectivity index (χ1v) is 9.43. The summed E-state index contributed by atoms with van der Waals surface area (Å²) in [4.78, 5) is 32.8. The third-order valence-corrected chi connectivity index (χ3v) is 5.38. The Hall–Kier alpha value is -3.11. The molecule has 0 bridgehead atoms. The van der Waals surface area contributed by atoms with Gasteiger partial charge in [-0.05, 0) is 25.1 Å². The lowest BCUT2D eigenvalue weighted by Gasteiger charge is -2.35. The van der Waals surface area contributed by atoms with E-state index in [9.17, 15) is 22.8 Å². The Kier molecular flexibility index (Phi) is 4.94. The molecule has 1 aliphatic heterocycles. The zero-order valence-electron chi connectivity index (χ0n) is 16.3. The Morgan fingerprint density at radius 1 is 1.29 bits per heavy atom. The molecule has 4 rings (SSSR count). The smallest absolute Gasteiger partial charge is 0.382 e. The first kappa shape index (κ1) is 21.1. The number of ketones is 1. The fraction of sp³-hybridized carbons (Fsp3) is 0.250. The molecule has 3 heterocycles. The van der Waals surface area contributed by atoms with Gasteiger partial charge in [0, 0.05) is 18.9 Å². The van der Waals surface area contributed by atoms with Crippen molar-refractivity contribution < 1.29 is 27.5 Å². The number of pyridine rings is 1. The summed E-state index contributed by atoms with van der Waals surface area (Å²) >= 11 is 6.01. The molecular formula is C20H16ClF3N4O3. The van der Waals surface area contributed by atoms with Crippen molar-refractivity contribution in [2.24, 2.45) is 0 Å². The Morgan fingerprint density at radius 2 is 2.03 bits per heavy atom. The van der Waals surface area contributed by atoms with Crippen molar-refractivity contribution >= 4 is 45.7 Å². The maximum atomic E-state index is 13.2. The number of aromatic nitrogens is 2. The van der Waals surface area contributed by atoms with E-state index in [1.807, 2.05) is 0 Å². The number of nitrogens with zero attached hydrogens (tertiary/aromatic N) is 1. The van der Waals surface area contributed by atoms with Gasteiger partial charge in [-0.3, -0.25) is 9.59 Å². The van der Waals surface area contributed by atoms with E-state index in [-0.39, 0.29) is 28.7 Å². The molecule has 1 aliphatic rings. The van der Waals surface area contributed by atoms with Crippen LogP contribution in [-0.2, 0) is 15.7 Å². The average Bonchev–Trinajstić information content (AvgIpc) is 3.12. The zero-order chi connectivity index (χ0) is 22.6. The number of benzene rings is 1. The van der Waals surface area contributed by atoms with E-state index >= 15 is 0 Å². The van der Waals surface area contributed by atoms with Crippen LogP contribution in [0.25, 0.3) is 11.0 Å². The SMILES string of the molecule is COC[C@]1(C)Nc2c(cnc3[nH]cc(C(=O)c4ccc(C(F)(F)F)cc4Cl)c23)NC1=O. The Labute approximate surface area is 178 Å². The molecule has 3 aromatic rings. The number of rotatable bonds is 4. The number of carbonyl (C=O) groups excluding carboxylic acids is 2. The first-order chi connectivity index (χ1) is 14.5. The summed E-state index contributed by atoms with van der Waals surface area (Å²) < 4.78 is 43.9. The monoisotopic (exact) mass is 452 g/mol. The number of nitrogens with one attached hydrogen (secondary N) is 3. The van der Waals surface area contributed by atoms with E-state index in [0.717, 1.165) is 12.1 Å².